The molecular weight excluding hydrogens is 244 g/mol. The van der Waals surface area contributed by atoms with Crippen LogP contribution in [0.2, 0.25) is 0 Å². The van der Waals surface area contributed by atoms with E-state index < -0.39 is 0 Å². The van der Waals surface area contributed by atoms with Gasteiger partial charge in [0.1, 0.15) is 5.69 Å². The minimum Gasteiger partial charge on any atom is -0.351 e. The Morgan fingerprint density at radius 2 is 2.11 bits per heavy atom. The summed E-state index contributed by atoms with van der Waals surface area (Å²) in [6, 6.07) is 10.1. The van der Waals surface area contributed by atoms with Crippen LogP contribution in [0.5, 0.6) is 0 Å². The molecule has 1 aromatic carbocycles. The minimum atomic E-state index is -0.116. The fourth-order valence-corrected chi connectivity index (χ4v) is 3.06. The normalized spacial score (nSPS) is 10.9. The van der Waals surface area contributed by atoms with Gasteiger partial charge in [-0.25, -0.2) is 4.98 Å². The second kappa shape index (κ2) is 4.38. The second-order valence-corrected chi connectivity index (χ2v) is 5.11. The molecule has 0 aliphatic rings. The first-order valence-electron chi connectivity index (χ1n) is 5.85. The van der Waals surface area contributed by atoms with Crippen LogP contribution in [-0.4, -0.2) is 17.4 Å². The molecule has 0 saturated heterocycles. The molecule has 3 nitrogen and oxygen atoms in total. The Morgan fingerprint density at radius 1 is 1.28 bits per heavy atom. The number of rotatable bonds is 2. The number of thiophene rings is 1. The third-order valence-electron chi connectivity index (χ3n) is 2.83. The Kier molecular flexibility index (Phi) is 2.72. The molecule has 0 fully saturated rings. The number of hydrogen-bond donors (Lipinski definition) is 1. The van der Waals surface area contributed by atoms with Gasteiger partial charge in [-0.05, 0) is 19.1 Å². The molecule has 4 heteroatoms. The number of aromatic nitrogens is 1. The molecule has 2 aromatic heterocycles. The lowest BCUT2D eigenvalue weighted by atomic mass is 10.1. The molecule has 0 atom stereocenters. The Labute approximate surface area is 108 Å². The summed E-state index contributed by atoms with van der Waals surface area (Å²) in [7, 11) is 0. The standard InChI is InChI=1S/C14H12N2OS/c1-2-15-14(17)11-7-10-9-5-3-4-6-12(9)18-13(10)8-16-11/h3-8H,2H2,1H3,(H,15,17). The van der Waals surface area contributed by atoms with E-state index in [4.69, 9.17) is 0 Å². The summed E-state index contributed by atoms with van der Waals surface area (Å²) in [5.74, 6) is -0.116. The maximum absolute atomic E-state index is 11.8. The average Bonchev–Trinajstić information content (AvgIpc) is 2.76. The van der Waals surface area contributed by atoms with Crippen molar-refractivity contribution in [3.05, 3.63) is 42.2 Å². The molecule has 2 heterocycles. The van der Waals surface area contributed by atoms with Gasteiger partial charge < -0.3 is 5.32 Å². The number of pyridine rings is 1. The van der Waals surface area contributed by atoms with Crippen LogP contribution in [0.3, 0.4) is 0 Å². The van der Waals surface area contributed by atoms with Gasteiger partial charge in [0, 0.05) is 28.2 Å². The van der Waals surface area contributed by atoms with E-state index in [9.17, 15) is 4.79 Å². The number of fused-ring (bicyclic) bond motifs is 3. The fourth-order valence-electron chi connectivity index (χ4n) is 2.01. The van der Waals surface area contributed by atoms with Gasteiger partial charge in [0.25, 0.3) is 5.91 Å². The monoisotopic (exact) mass is 256 g/mol. The number of carbonyl (C=O) groups excluding carboxylic acids is 1. The van der Waals surface area contributed by atoms with E-state index in [0.29, 0.717) is 12.2 Å². The first-order valence-corrected chi connectivity index (χ1v) is 6.66. The van der Waals surface area contributed by atoms with Gasteiger partial charge in [-0.1, -0.05) is 18.2 Å². The van der Waals surface area contributed by atoms with Crippen LogP contribution in [0.25, 0.3) is 20.2 Å². The van der Waals surface area contributed by atoms with Gasteiger partial charge in [-0.2, -0.15) is 0 Å². The molecule has 0 bridgehead atoms. The summed E-state index contributed by atoms with van der Waals surface area (Å²) in [6.45, 7) is 2.51. The first-order chi connectivity index (χ1) is 8.79. The number of benzene rings is 1. The molecule has 1 amide bonds. The smallest absolute Gasteiger partial charge is 0.269 e. The predicted molar refractivity (Wildman–Crippen MR) is 75.1 cm³/mol. The summed E-state index contributed by atoms with van der Waals surface area (Å²) in [4.78, 5) is 16.0. The third kappa shape index (κ3) is 1.75. The van der Waals surface area contributed by atoms with Gasteiger partial charge >= 0.3 is 0 Å². The highest BCUT2D eigenvalue weighted by Crippen LogP contribution is 2.33. The lowest BCUT2D eigenvalue weighted by Crippen LogP contribution is -2.23. The molecule has 0 spiro atoms. The largest absolute Gasteiger partial charge is 0.351 e. The van der Waals surface area contributed by atoms with Crippen molar-refractivity contribution in [2.24, 2.45) is 0 Å². The highest BCUT2D eigenvalue weighted by atomic mass is 32.1. The van der Waals surface area contributed by atoms with E-state index >= 15 is 0 Å². The van der Waals surface area contributed by atoms with Crippen molar-refractivity contribution in [3.63, 3.8) is 0 Å². The summed E-state index contributed by atoms with van der Waals surface area (Å²) in [6.07, 6.45) is 1.78. The summed E-state index contributed by atoms with van der Waals surface area (Å²) >= 11 is 1.70. The van der Waals surface area contributed by atoms with Crippen LogP contribution < -0.4 is 5.32 Å². The Bertz CT molecular complexity index is 733. The molecule has 0 unspecified atom stereocenters. The predicted octanol–water partition coefficient (Wildman–Crippen LogP) is 3.20. The molecule has 0 aliphatic heterocycles. The van der Waals surface area contributed by atoms with E-state index in [1.807, 2.05) is 25.1 Å². The Hall–Kier alpha value is -1.94. The van der Waals surface area contributed by atoms with Crippen LogP contribution in [0.1, 0.15) is 17.4 Å². The number of hydrogen-bond acceptors (Lipinski definition) is 3. The average molecular weight is 256 g/mol. The Balaban J connectivity index is 2.21. The summed E-state index contributed by atoms with van der Waals surface area (Å²) < 4.78 is 2.34. The van der Waals surface area contributed by atoms with Crippen LogP contribution in [0.4, 0.5) is 0 Å². The lowest BCUT2D eigenvalue weighted by molar-refractivity contribution is 0.0951. The molecule has 18 heavy (non-hydrogen) atoms. The molecule has 0 radical (unpaired) electrons. The molecule has 1 N–H and O–H groups in total. The van der Waals surface area contributed by atoms with E-state index in [1.54, 1.807) is 17.5 Å². The van der Waals surface area contributed by atoms with Crippen molar-refractivity contribution in [3.8, 4) is 0 Å². The van der Waals surface area contributed by atoms with Gasteiger partial charge in [0.15, 0.2) is 0 Å². The molecule has 3 rings (SSSR count). The van der Waals surface area contributed by atoms with Gasteiger partial charge in [0.05, 0.1) is 4.70 Å². The van der Waals surface area contributed by atoms with Crippen molar-refractivity contribution in [1.82, 2.24) is 10.3 Å². The molecule has 3 aromatic rings. The lowest BCUT2D eigenvalue weighted by Gasteiger charge is -2.01. The van der Waals surface area contributed by atoms with Gasteiger partial charge in [-0.3, -0.25) is 4.79 Å². The quantitative estimate of drug-likeness (QED) is 0.765. The zero-order valence-electron chi connectivity index (χ0n) is 9.93. The number of amides is 1. The van der Waals surface area contributed by atoms with Crippen molar-refractivity contribution in [2.75, 3.05) is 6.54 Å². The van der Waals surface area contributed by atoms with Crippen LogP contribution >= 0.6 is 11.3 Å². The van der Waals surface area contributed by atoms with Gasteiger partial charge in [0.2, 0.25) is 0 Å². The van der Waals surface area contributed by atoms with Crippen molar-refractivity contribution < 1.29 is 4.79 Å². The maximum Gasteiger partial charge on any atom is 0.269 e. The topological polar surface area (TPSA) is 42.0 Å². The zero-order chi connectivity index (χ0) is 12.5. The van der Waals surface area contributed by atoms with E-state index in [-0.39, 0.29) is 5.91 Å². The highest BCUT2D eigenvalue weighted by Gasteiger charge is 2.10. The SMILES string of the molecule is CCNC(=O)c1cc2c(cn1)sc1ccccc12. The minimum absolute atomic E-state index is 0.116. The first kappa shape index (κ1) is 11.2. The number of nitrogens with one attached hydrogen (secondary N) is 1. The summed E-state index contributed by atoms with van der Waals surface area (Å²) in [5, 5.41) is 5.06. The second-order valence-electron chi connectivity index (χ2n) is 4.02. The van der Waals surface area contributed by atoms with E-state index in [2.05, 4.69) is 22.4 Å². The van der Waals surface area contributed by atoms with Crippen LogP contribution in [0, 0.1) is 0 Å². The molecule has 0 saturated carbocycles. The fraction of sp³-hybridized carbons (Fsp3) is 0.143. The maximum atomic E-state index is 11.8. The van der Waals surface area contributed by atoms with Crippen LogP contribution in [-0.2, 0) is 0 Å². The molecule has 0 aliphatic carbocycles. The van der Waals surface area contributed by atoms with E-state index in [0.717, 1.165) is 10.1 Å². The van der Waals surface area contributed by atoms with Crippen molar-refractivity contribution in [1.29, 1.82) is 0 Å². The molecule has 90 valence electrons. The van der Waals surface area contributed by atoms with Crippen LogP contribution in [0.15, 0.2) is 36.5 Å². The van der Waals surface area contributed by atoms with Gasteiger partial charge in [-0.15, -0.1) is 11.3 Å². The summed E-state index contributed by atoms with van der Waals surface area (Å²) in [5.41, 5.74) is 0.480. The van der Waals surface area contributed by atoms with E-state index in [1.165, 1.54) is 10.1 Å². The van der Waals surface area contributed by atoms with Crippen molar-refractivity contribution >= 4 is 37.4 Å². The van der Waals surface area contributed by atoms with Crippen molar-refractivity contribution in [2.45, 2.75) is 6.92 Å². The Morgan fingerprint density at radius 3 is 2.94 bits per heavy atom. The number of nitrogens with zero attached hydrogens (tertiary/aromatic N) is 1. The third-order valence-corrected chi connectivity index (χ3v) is 3.96. The molecular formula is C14H12N2OS. The zero-order valence-corrected chi connectivity index (χ0v) is 10.8. The number of carbonyl (C=O) groups is 1. The highest BCUT2D eigenvalue weighted by molar-refractivity contribution is 7.25.